The Hall–Kier alpha value is -3.11. The van der Waals surface area contributed by atoms with Gasteiger partial charge in [-0.3, -0.25) is 19.6 Å². The molecule has 2 rings (SSSR count). The van der Waals surface area contributed by atoms with E-state index in [1.54, 1.807) is 13.8 Å². The van der Waals surface area contributed by atoms with E-state index < -0.39 is 22.8 Å². The van der Waals surface area contributed by atoms with Gasteiger partial charge in [0.1, 0.15) is 18.4 Å². The molecule has 1 atom stereocenters. The van der Waals surface area contributed by atoms with Crippen LogP contribution in [0.1, 0.15) is 30.6 Å². The van der Waals surface area contributed by atoms with Crippen LogP contribution in [0, 0.1) is 23.0 Å². The fourth-order valence-electron chi connectivity index (χ4n) is 2.11. The van der Waals surface area contributed by atoms with Crippen LogP contribution in [-0.4, -0.2) is 36.6 Å². The minimum atomic E-state index is -0.768. The molecule has 1 N–H and O–H groups in total. The van der Waals surface area contributed by atoms with Crippen LogP contribution >= 0.6 is 0 Å². The first-order valence-corrected chi connectivity index (χ1v) is 7.05. The molecular weight excluding hydrogens is 321 g/mol. The monoisotopic (exact) mass is 337 g/mol. The third kappa shape index (κ3) is 3.45. The number of carbonyl (C=O) groups is 1. The Morgan fingerprint density at radius 1 is 1.62 bits per heavy atom. The topological polar surface area (TPSA) is 120 Å². The highest BCUT2D eigenvalue weighted by atomic mass is 19.1. The van der Waals surface area contributed by atoms with Gasteiger partial charge in [0.05, 0.1) is 22.4 Å². The van der Waals surface area contributed by atoms with E-state index in [-0.39, 0.29) is 11.3 Å². The summed E-state index contributed by atoms with van der Waals surface area (Å²) in [5.41, 5.74) is 2.67. The van der Waals surface area contributed by atoms with Crippen molar-refractivity contribution in [2.45, 2.75) is 26.3 Å². The first kappa shape index (κ1) is 17.2. The van der Waals surface area contributed by atoms with Crippen molar-refractivity contribution in [3.05, 3.63) is 39.7 Å². The number of amides is 1. The fraction of sp³-hybridized carbons (Fsp3) is 0.385. The summed E-state index contributed by atoms with van der Waals surface area (Å²) in [6.07, 6.45) is 3.74. The third-order valence-electron chi connectivity index (χ3n) is 3.37. The van der Waals surface area contributed by atoms with Gasteiger partial charge in [0.2, 0.25) is 5.95 Å². The van der Waals surface area contributed by atoms with E-state index in [0.717, 1.165) is 17.1 Å². The molecule has 2 heterocycles. The Bertz CT molecular complexity index is 796. The lowest BCUT2D eigenvalue weighted by atomic mass is 10.2. The highest BCUT2D eigenvalue weighted by Crippen LogP contribution is 2.16. The summed E-state index contributed by atoms with van der Waals surface area (Å²) in [6.45, 7) is 3.34. The van der Waals surface area contributed by atoms with Crippen molar-refractivity contribution in [3.63, 3.8) is 0 Å². The number of hydrogen-bond donors (Lipinski definition) is 1. The maximum atomic E-state index is 13.7. The molecule has 128 valence electrons. The number of hydrazone groups is 1. The van der Waals surface area contributed by atoms with Crippen molar-refractivity contribution in [2.75, 3.05) is 0 Å². The second-order valence-corrected chi connectivity index (χ2v) is 5.01. The van der Waals surface area contributed by atoms with Crippen LogP contribution < -0.4 is 5.43 Å². The largest absolute Gasteiger partial charge is 0.307 e. The highest BCUT2D eigenvalue weighted by molar-refractivity contribution is 5.84. The normalized spacial score (nSPS) is 12.5. The lowest BCUT2D eigenvalue weighted by Crippen LogP contribution is -2.29. The molecule has 0 aromatic carbocycles. The molecule has 0 unspecified atom stereocenters. The number of nitrogens with one attached hydrogen (secondary N) is 1. The van der Waals surface area contributed by atoms with E-state index in [9.17, 15) is 19.3 Å². The maximum Gasteiger partial charge on any atom is 0.307 e. The fourth-order valence-corrected chi connectivity index (χ4v) is 2.11. The zero-order valence-electron chi connectivity index (χ0n) is 13.3. The first-order chi connectivity index (χ1) is 11.3. The summed E-state index contributed by atoms with van der Waals surface area (Å²) in [4.78, 5) is 22.2. The van der Waals surface area contributed by atoms with Crippen molar-refractivity contribution in [2.24, 2.45) is 12.1 Å². The number of halogens is 1. The molecule has 0 aliphatic rings. The van der Waals surface area contributed by atoms with Gasteiger partial charge in [-0.2, -0.15) is 19.7 Å². The quantitative estimate of drug-likeness (QED) is 0.480. The van der Waals surface area contributed by atoms with Gasteiger partial charge in [0.25, 0.3) is 5.91 Å². The Kier molecular flexibility index (Phi) is 5.02. The molecule has 10 nitrogen and oxygen atoms in total. The highest BCUT2D eigenvalue weighted by Gasteiger charge is 2.21. The van der Waals surface area contributed by atoms with Gasteiger partial charge in [0.15, 0.2) is 0 Å². The van der Waals surface area contributed by atoms with Gasteiger partial charge in [-0.1, -0.05) is 6.92 Å². The predicted molar refractivity (Wildman–Crippen MR) is 81.8 cm³/mol. The molecule has 24 heavy (non-hydrogen) atoms. The molecule has 0 aliphatic heterocycles. The molecular formula is C13H16FN7O3. The number of carbonyl (C=O) groups excluding carboxylic acids is 1. The Balaban J connectivity index is 2.09. The Morgan fingerprint density at radius 3 is 2.83 bits per heavy atom. The molecule has 11 heteroatoms. The SMILES string of the molecule is CC[C@@H](C(=O)N/N=C\c1c(C)nn(C)c1F)n1cc([N+](=O)[O-])cn1. The number of aromatic nitrogens is 4. The minimum absolute atomic E-state index is 0.167. The summed E-state index contributed by atoms with van der Waals surface area (Å²) >= 11 is 0. The van der Waals surface area contributed by atoms with E-state index in [4.69, 9.17) is 0 Å². The lowest BCUT2D eigenvalue weighted by Gasteiger charge is -2.12. The molecule has 0 spiro atoms. The smallest absolute Gasteiger partial charge is 0.271 e. The van der Waals surface area contributed by atoms with Crippen LogP contribution in [-0.2, 0) is 11.8 Å². The van der Waals surface area contributed by atoms with Gasteiger partial charge in [-0.25, -0.2) is 10.1 Å². The molecule has 0 aliphatic carbocycles. The number of nitro groups is 1. The summed E-state index contributed by atoms with van der Waals surface area (Å²) in [5, 5.41) is 22.1. The van der Waals surface area contributed by atoms with Crippen LogP contribution in [0.3, 0.4) is 0 Å². The third-order valence-corrected chi connectivity index (χ3v) is 3.37. The summed E-state index contributed by atoms with van der Waals surface area (Å²) in [5.74, 6) is -1.09. The molecule has 1 amide bonds. The molecule has 0 fully saturated rings. The predicted octanol–water partition coefficient (Wildman–Crippen LogP) is 1.07. The van der Waals surface area contributed by atoms with Crippen LogP contribution in [0.5, 0.6) is 0 Å². The van der Waals surface area contributed by atoms with Crippen LogP contribution in [0.15, 0.2) is 17.5 Å². The van der Waals surface area contributed by atoms with E-state index in [1.165, 1.54) is 17.9 Å². The number of rotatable bonds is 6. The zero-order valence-corrected chi connectivity index (χ0v) is 13.3. The van der Waals surface area contributed by atoms with Gasteiger partial charge >= 0.3 is 5.69 Å². The first-order valence-electron chi connectivity index (χ1n) is 7.05. The van der Waals surface area contributed by atoms with Crippen molar-refractivity contribution in [1.82, 2.24) is 25.0 Å². The summed E-state index contributed by atoms with van der Waals surface area (Å²) in [6, 6.07) is -0.768. The zero-order chi connectivity index (χ0) is 17.9. The summed E-state index contributed by atoms with van der Waals surface area (Å²) < 4.78 is 16.0. The molecule has 2 aromatic heterocycles. The second-order valence-electron chi connectivity index (χ2n) is 5.01. The minimum Gasteiger partial charge on any atom is -0.271 e. The van der Waals surface area contributed by atoms with Crippen molar-refractivity contribution in [1.29, 1.82) is 0 Å². The lowest BCUT2D eigenvalue weighted by molar-refractivity contribution is -0.385. The van der Waals surface area contributed by atoms with Gasteiger partial charge < -0.3 is 0 Å². The van der Waals surface area contributed by atoms with Crippen LogP contribution in [0.4, 0.5) is 10.1 Å². The molecule has 0 radical (unpaired) electrons. The van der Waals surface area contributed by atoms with Gasteiger partial charge in [0, 0.05) is 7.05 Å². The van der Waals surface area contributed by atoms with Crippen molar-refractivity contribution < 1.29 is 14.1 Å². The Labute approximate surface area is 136 Å². The average molecular weight is 337 g/mol. The van der Waals surface area contributed by atoms with E-state index in [1.807, 2.05) is 0 Å². The number of hydrogen-bond acceptors (Lipinski definition) is 6. The van der Waals surface area contributed by atoms with Crippen LogP contribution in [0.25, 0.3) is 0 Å². The average Bonchev–Trinajstić information content (AvgIpc) is 3.09. The number of aryl methyl sites for hydroxylation is 2. The molecule has 2 aromatic rings. The summed E-state index contributed by atoms with van der Waals surface area (Å²) in [7, 11) is 1.45. The molecule has 0 saturated carbocycles. The van der Waals surface area contributed by atoms with E-state index >= 15 is 0 Å². The van der Waals surface area contributed by atoms with Crippen molar-refractivity contribution >= 4 is 17.8 Å². The van der Waals surface area contributed by atoms with Crippen LogP contribution in [0.2, 0.25) is 0 Å². The molecule has 0 saturated heterocycles. The van der Waals surface area contributed by atoms with Crippen molar-refractivity contribution in [3.8, 4) is 0 Å². The van der Waals surface area contributed by atoms with E-state index in [0.29, 0.717) is 12.1 Å². The number of nitrogens with zero attached hydrogens (tertiary/aromatic N) is 6. The molecule has 0 bridgehead atoms. The second kappa shape index (κ2) is 6.98. The van der Waals surface area contributed by atoms with E-state index in [2.05, 4.69) is 20.7 Å². The standard InChI is InChI=1S/C13H16FN7O3/c1-4-11(20-7-9(5-16-20)21(23)24)13(22)17-15-6-10-8(2)18-19(3)12(10)14/h5-7,11H,4H2,1-3H3,(H,17,22)/b15-6-/t11-/m0/s1. The Morgan fingerprint density at radius 2 is 2.33 bits per heavy atom. The maximum absolute atomic E-state index is 13.7. The van der Waals surface area contributed by atoms with Gasteiger partial charge in [-0.05, 0) is 13.3 Å². The van der Waals surface area contributed by atoms with Gasteiger partial charge in [-0.15, -0.1) is 0 Å².